The number of terminal acetylenes is 1. The van der Waals surface area contributed by atoms with E-state index in [-0.39, 0.29) is 25.7 Å². The van der Waals surface area contributed by atoms with Crippen LogP contribution in [0, 0.1) is 12.3 Å². The average Bonchev–Trinajstić information content (AvgIpc) is 3.50. The topological polar surface area (TPSA) is 108 Å². The van der Waals surface area contributed by atoms with Crippen molar-refractivity contribution in [1.82, 2.24) is 25.3 Å². The van der Waals surface area contributed by atoms with Crippen molar-refractivity contribution in [3.8, 4) is 23.8 Å². The summed E-state index contributed by atoms with van der Waals surface area (Å²) in [5, 5.41) is 10.7. The highest BCUT2D eigenvalue weighted by atomic mass is 32.2. The molecule has 4 aromatic rings. The van der Waals surface area contributed by atoms with E-state index in [4.69, 9.17) is 15.9 Å². The molecule has 190 valence electrons. The lowest BCUT2D eigenvalue weighted by atomic mass is 10.2. The van der Waals surface area contributed by atoms with Gasteiger partial charge in [0.25, 0.3) is 0 Å². The van der Waals surface area contributed by atoms with E-state index in [1.54, 1.807) is 6.20 Å². The van der Waals surface area contributed by atoms with E-state index >= 15 is 0 Å². The normalized spacial score (nSPS) is 11.6. The zero-order valence-corrected chi connectivity index (χ0v) is 22.1. The highest BCUT2D eigenvalue weighted by Crippen LogP contribution is 2.28. The number of aromatic nitrogens is 4. The number of nitrogens with zero attached hydrogens (tertiary/aromatic N) is 4. The first-order valence-electron chi connectivity index (χ1n) is 11.1. The van der Waals surface area contributed by atoms with Gasteiger partial charge in [-0.3, -0.25) is 4.79 Å². The lowest BCUT2D eigenvalue weighted by Crippen LogP contribution is -2.39. The van der Waals surface area contributed by atoms with Crippen LogP contribution in [0.15, 0.2) is 53.0 Å². The van der Waals surface area contributed by atoms with Gasteiger partial charge in [0.05, 0.1) is 22.5 Å². The third-order valence-corrected chi connectivity index (χ3v) is 7.25. The second kappa shape index (κ2) is 13.1. The van der Waals surface area contributed by atoms with Gasteiger partial charge in [-0.25, -0.2) is 9.67 Å². The molecule has 0 aliphatic heterocycles. The van der Waals surface area contributed by atoms with Gasteiger partial charge in [-0.1, -0.05) is 23.3 Å². The van der Waals surface area contributed by atoms with Crippen LogP contribution in [0.4, 0.5) is 0 Å². The van der Waals surface area contributed by atoms with Crippen LogP contribution in [-0.4, -0.2) is 50.6 Å². The van der Waals surface area contributed by atoms with Crippen molar-refractivity contribution in [2.24, 2.45) is 0 Å². The van der Waals surface area contributed by atoms with E-state index < -0.39 is 6.04 Å². The van der Waals surface area contributed by atoms with Crippen molar-refractivity contribution in [1.29, 1.82) is 0 Å². The molecule has 0 aliphatic rings. The van der Waals surface area contributed by atoms with E-state index in [0.29, 0.717) is 33.0 Å². The van der Waals surface area contributed by atoms with Gasteiger partial charge in [-0.15, -0.1) is 35.5 Å². The standard InChI is InChI=1S/C25H23N5O4S3/c1-2-8-33-20-5-3-4-17(9-20)15-36-16-19(13-31)26-24(32)12-30-11-18(28-29-30)14-34-21-6-7-22-23(10-21)37-25(35)27-22/h1,3-7,9-11,13,19H,8,12,14-16H2,(H,26,32)(H,27,35)/t19-/m0/s1. The van der Waals surface area contributed by atoms with Crippen molar-refractivity contribution < 1.29 is 19.1 Å². The van der Waals surface area contributed by atoms with Crippen molar-refractivity contribution in [3.05, 3.63) is 59.9 Å². The smallest absolute Gasteiger partial charge is 0.242 e. The number of aldehydes is 1. The van der Waals surface area contributed by atoms with Gasteiger partial charge in [-0.05, 0) is 35.9 Å². The van der Waals surface area contributed by atoms with Crippen LogP contribution in [0.1, 0.15) is 11.3 Å². The maximum absolute atomic E-state index is 12.4. The molecule has 0 spiro atoms. The molecule has 2 aromatic heterocycles. The number of carbonyl (C=O) groups is 2. The largest absolute Gasteiger partial charge is 0.487 e. The molecule has 12 heteroatoms. The van der Waals surface area contributed by atoms with E-state index in [1.807, 2.05) is 42.5 Å². The highest BCUT2D eigenvalue weighted by molar-refractivity contribution is 7.98. The summed E-state index contributed by atoms with van der Waals surface area (Å²) in [5.74, 6) is 4.56. The zero-order chi connectivity index (χ0) is 26.0. The van der Waals surface area contributed by atoms with Gasteiger partial charge < -0.3 is 19.6 Å². The number of nitrogens with one attached hydrogen (secondary N) is 1. The minimum absolute atomic E-state index is 0.0614. The fourth-order valence-electron chi connectivity index (χ4n) is 3.29. The summed E-state index contributed by atoms with van der Waals surface area (Å²) in [6, 6.07) is 12.6. The van der Waals surface area contributed by atoms with Gasteiger partial charge >= 0.3 is 0 Å². The molecule has 0 saturated carbocycles. The molecule has 0 bridgehead atoms. The Bertz CT molecular complexity index is 1410. The molecule has 9 nitrogen and oxygen atoms in total. The number of carbonyl (C=O) groups excluding carboxylic acids is 2. The Balaban J connectivity index is 1.21. The summed E-state index contributed by atoms with van der Waals surface area (Å²) in [5.41, 5.74) is 2.47. The number of benzene rings is 2. The SMILES string of the molecule is C#CCOc1cccc(CSC[C@H](C=O)NC(=O)Cn2cc(COc3ccc4nc(S)sc4c3)nn2)c1. The fraction of sp³-hybridized carbons (Fsp3) is 0.240. The number of ether oxygens (including phenoxy) is 2. The second-order valence-electron chi connectivity index (χ2n) is 7.79. The molecule has 0 unspecified atom stereocenters. The van der Waals surface area contributed by atoms with Crippen LogP contribution < -0.4 is 14.8 Å². The molecule has 1 atom stereocenters. The van der Waals surface area contributed by atoms with E-state index in [9.17, 15) is 9.59 Å². The summed E-state index contributed by atoms with van der Waals surface area (Å²) in [6.45, 7) is 0.341. The number of thioether (sulfide) groups is 1. The van der Waals surface area contributed by atoms with Crippen LogP contribution in [0.3, 0.4) is 0 Å². The van der Waals surface area contributed by atoms with Crippen molar-refractivity contribution in [2.45, 2.75) is 29.3 Å². The van der Waals surface area contributed by atoms with E-state index in [1.165, 1.54) is 27.8 Å². The van der Waals surface area contributed by atoms with Crippen LogP contribution in [0.5, 0.6) is 11.5 Å². The quantitative estimate of drug-likeness (QED) is 0.147. The third kappa shape index (κ3) is 7.98. The van der Waals surface area contributed by atoms with Gasteiger partial charge in [0, 0.05) is 11.5 Å². The number of thiazole rings is 1. The summed E-state index contributed by atoms with van der Waals surface area (Å²) in [4.78, 5) is 28.2. The van der Waals surface area contributed by atoms with Crippen molar-refractivity contribution >= 4 is 58.1 Å². The molecule has 0 saturated heterocycles. The maximum Gasteiger partial charge on any atom is 0.242 e. The van der Waals surface area contributed by atoms with Gasteiger partial charge in [0.2, 0.25) is 5.91 Å². The minimum Gasteiger partial charge on any atom is -0.487 e. The predicted octanol–water partition coefficient (Wildman–Crippen LogP) is 3.38. The molecule has 37 heavy (non-hydrogen) atoms. The minimum atomic E-state index is -0.621. The van der Waals surface area contributed by atoms with Crippen LogP contribution in [-0.2, 0) is 28.5 Å². The second-order valence-corrected chi connectivity index (χ2v) is 10.6. The molecule has 0 fully saturated rings. The molecule has 1 amide bonds. The Morgan fingerprint density at radius 1 is 1.27 bits per heavy atom. The number of hydrogen-bond acceptors (Lipinski definition) is 10. The van der Waals surface area contributed by atoms with Crippen LogP contribution in [0.2, 0.25) is 0 Å². The van der Waals surface area contributed by atoms with Crippen molar-refractivity contribution in [2.75, 3.05) is 12.4 Å². The zero-order valence-electron chi connectivity index (χ0n) is 19.6. The molecular formula is C25H23N5O4S3. The maximum atomic E-state index is 12.4. The lowest BCUT2D eigenvalue weighted by molar-refractivity contribution is -0.124. The summed E-state index contributed by atoms with van der Waals surface area (Å²) < 4.78 is 14.3. The Hall–Kier alpha value is -3.53. The predicted molar refractivity (Wildman–Crippen MR) is 146 cm³/mol. The van der Waals surface area contributed by atoms with Crippen molar-refractivity contribution in [3.63, 3.8) is 0 Å². The third-order valence-electron chi connectivity index (χ3n) is 4.92. The highest BCUT2D eigenvalue weighted by Gasteiger charge is 2.13. The molecule has 0 aliphatic carbocycles. The fourth-order valence-corrected chi connectivity index (χ4v) is 5.38. The summed E-state index contributed by atoms with van der Waals surface area (Å²) in [6.07, 6.45) is 7.59. The molecular weight excluding hydrogens is 531 g/mol. The van der Waals surface area contributed by atoms with Gasteiger partial charge in [0.1, 0.15) is 47.6 Å². The van der Waals surface area contributed by atoms with Gasteiger partial charge in [-0.2, -0.15) is 11.8 Å². The Morgan fingerprint density at radius 3 is 2.97 bits per heavy atom. The number of thiol groups is 1. The Kier molecular flexibility index (Phi) is 9.42. The summed E-state index contributed by atoms with van der Waals surface area (Å²) >= 11 is 7.27. The molecule has 2 aromatic carbocycles. The monoisotopic (exact) mass is 553 g/mol. The molecule has 4 rings (SSSR count). The number of rotatable bonds is 13. The molecule has 1 N–H and O–H groups in total. The number of fused-ring (bicyclic) bond motifs is 1. The number of amides is 1. The molecule has 2 heterocycles. The molecule has 0 radical (unpaired) electrons. The summed E-state index contributed by atoms with van der Waals surface area (Å²) in [7, 11) is 0. The van der Waals surface area contributed by atoms with Crippen LogP contribution in [0.25, 0.3) is 10.2 Å². The van der Waals surface area contributed by atoms with E-state index in [0.717, 1.165) is 22.1 Å². The average molecular weight is 554 g/mol. The van der Waals surface area contributed by atoms with Crippen LogP contribution >= 0.6 is 35.7 Å². The number of hydrogen-bond donors (Lipinski definition) is 2. The first-order valence-corrected chi connectivity index (χ1v) is 13.5. The van der Waals surface area contributed by atoms with E-state index in [2.05, 4.69) is 39.2 Å². The first kappa shape index (κ1) is 26.5. The Labute approximate surface area is 227 Å². The Morgan fingerprint density at radius 2 is 2.14 bits per heavy atom. The lowest BCUT2D eigenvalue weighted by Gasteiger charge is -2.12. The first-order chi connectivity index (χ1) is 18.0. The van der Waals surface area contributed by atoms with Gasteiger partial charge in [0.15, 0.2) is 0 Å².